The van der Waals surface area contributed by atoms with Crippen LogP contribution in [0.1, 0.15) is 31.9 Å². The van der Waals surface area contributed by atoms with Crippen LogP contribution in [0.3, 0.4) is 0 Å². The van der Waals surface area contributed by atoms with Crippen molar-refractivity contribution in [3.63, 3.8) is 0 Å². The SMILES string of the molecule is Cc1ccc(C(=O)c2sc(Nc3cc(C)cc(C)c3)nc2N)cc1. The van der Waals surface area contributed by atoms with Gasteiger partial charge in [-0.2, -0.15) is 0 Å². The Kier molecular flexibility index (Phi) is 4.36. The molecule has 3 aromatic rings. The first-order chi connectivity index (χ1) is 11.4. The van der Waals surface area contributed by atoms with Gasteiger partial charge in [0.05, 0.1) is 0 Å². The van der Waals surface area contributed by atoms with Crippen molar-refractivity contribution in [1.29, 1.82) is 0 Å². The van der Waals surface area contributed by atoms with Gasteiger partial charge < -0.3 is 11.1 Å². The molecule has 0 radical (unpaired) electrons. The van der Waals surface area contributed by atoms with Crippen molar-refractivity contribution in [2.24, 2.45) is 0 Å². The molecular weight excluding hydrogens is 318 g/mol. The molecule has 0 aliphatic carbocycles. The smallest absolute Gasteiger partial charge is 0.206 e. The highest BCUT2D eigenvalue weighted by Crippen LogP contribution is 2.30. The van der Waals surface area contributed by atoms with Crippen LogP contribution in [-0.4, -0.2) is 10.8 Å². The molecule has 0 saturated carbocycles. The lowest BCUT2D eigenvalue weighted by atomic mass is 10.1. The van der Waals surface area contributed by atoms with Gasteiger partial charge in [-0.05, 0) is 44.0 Å². The molecule has 0 unspecified atom stereocenters. The van der Waals surface area contributed by atoms with Crippen LogP contribution in [-0.2, 0) is 0 Å². The van der Waals surface area contributed by atoms with Crippen molar-refractivity contribution in [3.05, 3.63) is 69.6 Å². The molecular formula is C19H19N3OS. The highest BCUT2D eigenvalue weighted by atomic mass is 32.1. The molecule has 0 aliphatic rings. The Balaban J connectivity index is 1.87. The predicted molar refractivity (Wildman–Crippen MR) is 100 cm³/mol. The normalized spacial score (nSPS) is 10.6. The number of carbonyl (C=O) groups excluding carboxylic acids is 1. The summed E-state index contributed by atoms with van der Waals surface area (Å²) in [5, 5.41) is 3.86. The molecule has 0 bridgehead atoms. The minimum Gasteiger partial charge on any atom is -0.382 e. The lowest BCUT2D eigenvalue weighted by molar-refractivity contribution is 0.104. The summed E-state index contributed by atoms with van der Waals surface area (Å²) in [4.78, 5) is 17.4. The fraction of sp³-hybridized carbons (Fsp3) is 0.158. The predicted octanol–water partition coefficient (Wildman–Crippen LogP) is 4.63. The number of nitrogens with two attached hydrogens (primary N) is 1. The number of benzene rings is 2. The minimum absolute atomic E-state index is 0.0986. The Labute approximate surface area is 145 Å². The second-order valence-corrected chi connectivity index (χ2v) is 6.93. The molecule has 122 valence electrons. The van der Waals surface area contributed by atoms with Crippen molar-refractivity contribution >= 4 is 33.8 Å². The second-order valence-electron chi connectivity index (χ2n) is 5.93. The van der Waals surface area contributed by atoms with Gasteiger partial charge in [0.25, 0.3) is 0 Å². The van der Waals surface area contributed by atoms with E-state index in [9.17, 15) is 4.79 Å². The number of aromatic nitrogens is 1. The van der Waals surface area contributed by atoms with Gasteiger partial charge >= 0.3 is 0 Å². The summed E-state index contributed by atoms with van der Waals surface area (Å²) < 4.78 is 0. The van der Waals surface area contributed by atoms with E-state index < -0.39 is 0 Å². The standard InChI is InChI=1S/C19H19N3OS/c1-11-4-6-14(7-5-11)16(23)17-18(20)22-19(24-17)21-15-9-12(2)8-13(3)10-15/h4-10H,20H2,1-3H3,(H,21,22). The molecule has 0 saturated heterocycles. The number of hydrogen-bond donors (Lipinski definition) is 2. The van der Waals surface area contributed by atoms with Crippen LogP contribution in [0.4, 0.5) is 16.6 Å². The van der Waals surface area contributed by atoms with Gasteiger partial charge in [-0.15, -0.1) is 0 Å². The Hall–Kier alpha value is -2.66. The number of aryl methyl sites for hydroxylation is 3. The van der Waals surface area contributed by atoms with E-state index in [-0.39, 0.29) is 11.6 Å². The zero-order valence-electron chi connectivity index (χ0n) is 13.9. The number of thiazole rings is 1. The van der Waals surface area contributed by atoms with E-state index in [1.807, 2.05) is 57.2 Å². The van der Waals surface area contributed by atoms with Crippen molar-refractivity contribution in [1.82, 2.24) is 4.98 Å². The summed E-state index contributed by atoms with van der Waals surface area (Å²) >= 11 is 1.28. The van der Waals surface area contributed by atoms with E-state index in [4.69, 9.17) is 5.73 Å². The van der Waals surface area contributed by atoms with Crippen LogP contribution < -0.4 is 11.1 Å². The van der Waals surface area contributed by atoms with Gasteiger partial charge in [0.15, 0.2) is 5.13 Å². The van der Waals surface area contributed by atoms with Crippen LogP contribution in [0.5, 0.6) is 0 Å². The number of nitrogen functional groups attached to an aromatic ring is 1. The van der Waals surface area contributed by atoms with Gasteiger partial charge in [0.1, 0.15) is 10.7 Å². The molecule has 2 aromatic carbocycles. The molecule has 0 atom stereocenters. The topological polar surface area (TPSA) is 68.0 Å². The quantitative estimate of drug-likeness (QED) is 0.681. The largest absolute Gasteiger partial charge is 0.382 e. The molecule has 3 rings (SSSR count). The average Bonchev–Trinajstić information content (AvgIpc) is 2.86. The van der Waals surface area contributed by atoms with Crippen LogP contribution in [0.2, 0.25) is 0 Å². The van der Waals surface area contributed by atoms with E-state index in [0.717, 1.165) is 22.4 Å². The average molecular weight is 337 g/mol. The van der Waals surface area contributed by atoms with Crippen molar-refractivity contribution in [3.8, 4) is 0 Å². The highest BCUT2D eigenvalue weighted by Gasteiger charge is 2.18. The Morgan fingerprint density at radius 3 is 2.25 bits per heavy atom. The lowest BCUT2D eigenvalue weighted by Crippen LogP contribution is -2.02. The summed E-state index contributed by atoms with van der Waals surface area (Å²) in [6.45, 7) is 6.07. The van der Waals surface area contributed by atoms with Crippen molar-refractivity contribution in [2.75, 3.05) is 11.1 Å². The third-order valence-electron chi connectivity index (χ3n) is 3.65. The van der Waals surface area contributed by atoms with Gasteiger partial charge in [-0.1, -0.05) is 47.2 Å². The zero-order valence-corrected chi connectivity index (χ0v) is 14.7. The van der Waals surface area contributed by atoms with Crippen LogP contribution in [0, 0.1) is 20.8 Å². The summed E-state index contributed by atoms with van der Waals surface area (Å²) in [5.41, 5.74) is 11.0. The van der Waals surface area contributed by atoms with Crippen LogP contribution in [0.25, 0.3) is 0 Å². The number of nitrogens with zero attached hydrogens (tertiary/aromatic N) is 1. The van der Waals surface area contributed by atoms with Crippen molar-refractivity contribution < 1.29 is 4.79 Å². The lowest BCUT2D eigenvalue weighted by Gasteiger charge is -2.05. The Morgan fingerprint density at radius 2 is 1.62 bits per heavy atom. The van der Waals surface area contributed by atoms with Gasteiger partial charge in [-0.25, -0.2) is 4.98 Å². The van der Waals surface area contributed by atoms with E-state index in [0.29, 0.717) is 15.6 Å². The molecule has 0 fully saturated rings. The fourth-order valence-electron chi connectivity index (χ4n) is 2.55. The van der Waals surface area contributed by atoms with Gasteiger partial charge in [0, 0.05) is 11.3 Å². The Bertz CT molecular complexity index is 877. The number of carbonyl (C=O) groups is 1. The Morgan fingerprint density at radius 1 is 1.00 bits per heavy atom. The number of rotatable bonds is 4. The molecule has 3 N–H and O–H groups in total. The highest BCUT2D eigenvalue weighted by molar-refractivity contribution is 7.18. The van der Waals surface area contributed by atoms with E-state index in [1.165, 1.54) is 11.3 Å². The molecule has 1 aromatic heterocycles. The first-order valence-electron chi connectivity index (χ1n) is 7.65. The third-order valence-corrected chi connectivity index (χ3v) is 4.63. The molecule has 5 heteroatoms. The van der Waals surface area contributed by atoms with E-state index in [1.54, 1.807) is 0 Å². The second kappa shape index (κ2) is 6.45. The van der Waals surface area contributed by atoms with Gasteiger partial charge in [-0.3, -0.25) is 4.79 Å². The maximum absolute atomic E-state index is 12.6. The molecule has 0 spiro atoms. The molecule has 0 aliphatic heterocycles. The number of ketones is 1. The number of nitrogens with one attached hydrogen (secondary N) is 1. The first-order valence-corrected chi connectivity index (χ1v) is 8.47. The number of anilines is 3. The zero-order chi connectivity index (χ0) is 17.3. The fourth-order valence-corrected chi connectivity index (χ4v) is 3.42. The van der Waals surface area contributed by atoms with Crippen LogP contribution >= 0.6 is 11.3 Å². The molecule has 1 heterocycles. The van der Waals surface area contributed by atoms with Gasteiger partial charge in [0.2, 0.25) is 5.78 Å². The monoisotopic (exact) mass is 337 g/mol. The van der Waals surface area contributed by atoms with Crippen LogP contribution in [0.15, 0.2) is 42.5 Å². The van der Waals surface area contributed by atoms with E-state index in [2.05, 4.69) is 16.4 Å². The molecule has 4 nitrogen and oxygen atoms in total. The summed E-state index contributed by atoms with van der Waals surface area (Å²) in [5.74, 6) is 0.163. The summed E-state index contributed by atoms with van der Waals surface area (Å²) in [6, 6.07) is 13.6. The minimum atomic E-state index is -0.0986. The maximum Gasteiger partial charge on any atom is 0.206 e. The van der Waals surface area contributed by atoms with Crippen molar-refractivity contribution in [2.45, 2.75) is 20.8 Å². The summed E-state index contributed by atoms with van der Waals surface area (Å²) in [6.07, 6.45) is 0. The summed E-state index contributed by atoms with van der Waals surface area (Å²) in [7, 11) is 0. The third kappa shape index (κ3) is 3.46. The first kappa shape index (κ1) is 16.2. The molecule has 24 heavy (non-hydrogen) atoms. The van der Waals surface area contributed by atoms with E-state index >= 15 is 0 Å². The molecule has 0 amide bonds. The number of hydrogen-bond acceptors (Lipinski definition) is 5. The maximum atomic E-state index is 12.6.